The highest BCUT2D eigenvalue weighted by Gasteiger charge is 2.10. The first kappa shape index (κ1) is 10.5. The molecule has 0 unspecified atom stereocenters. The highest BCUT2D eigenvalue weighted by molar-refractivity contribution is 6.36. The average Bonchev–Trinajstić information content (AvgIpc) is 2.07. The van der Waals surface area contributed by atoms with Gasteiger partial charge in [0.05, 0.1) is 16.3 Å². The Morgan fingerprint density at radius 3 is 2.57 bits per heavy atom. The zero-order chi connectivity index (χ0) is 10.7. The molecule has 0 radical (unpaired) electrons. The predicted molar refractivity (Wildman–Crippen MR) is 54.3 cm³/mol. The van der Waals surface area contributed by atoms with Crippen molar-refractivity contribution in [3.05, 3.63) is 28.8 Å². The van der Waals surface area contributed by atoms with E-state index in [2.05, 4.69) is 5.32 Å². The molecule has 0 aliphatic rings. The van der Waals surface area contributed by atoms with Gasteiger partial charge in [-0.15, -0.1) is 0 Å². The van der Waals surface area contributed by atoms with E-state index in [1.165, 1.54) is 13.0 Å². The van der Waals surface area contributed by atoms with E-state index in [1.807, 2.05) is 0 Å². The van der Waals surface area contributed by atoms with Crippen molar-refractivity contribution in [2.45, 2.75) is 6.92 Å². The minimum Gasteiger partial charge on any atom is -0.366 e. The van der Waals surface area contributed by atoms with E-state index >= 15 is 0 Å². The topological polar surface area (TPSA) is 72.2 Å². The number of benzene rings is 1. The largest absolute Gasteiger partial charge is 0.366 e. The Bertz CT molecular complexity index is 390. The average molecular weight is 213 g/mol. The van der Waals surface area contributed by atoms with Gasteiger partial charge in [0.1, 0.15) is 0 Å². The Hall–Kier alpha value is -1.55. The third-order valence-corrected chi connectivity index (χ3v) is 1.98. The van der Waals surface area contributed by atoms with Gasteiger partial charge in [-0.25, -0.2) is 0 Å². The Kier molecular flexibility index (Phi) is 3.09. The number of carbonyl (C=O) groups is 2. The van der Waals surface area contributed by atoms with Gasteiger partial charge in [-0.3, -0.25) is 9.59 Å². The first-order valence-electron chi connectivity index (χ1n) is 3.88. The molecule has 0 saturated heterocycles. The number of nitrogens with one attached hydrogen (secondary N) is 1. The van der Waals surface area contributed by atoms with Crippen molar-refractivity contribution in [1.29, 1.82) is 0 Å². The molecule has 0 spiro atoms. The van der Waals surface area contributed by atoms with Gasteiger partial charge in [0, 0.05) is 6.92 Å². The van der Waals surface area contributed by atoms with E-state index in [4.69, 9.17) is 17.3 Å². The van der Waals surface area contributed by atoms with Crippen molar-refractivity contribution in [3.63, 3.8) is 0 Å². The quantitative estimate of drug-likeness (QED) is 0.778. The smallest absolute Gasteiger partial charge is 0.250 e. The maximum Gasteiger partial charge on any atom is 0.250 e. The van der Waals surface area contributed by atoms with Crippen molar-refractivity contribution in [3.8, 4) is 0 Å². The summed E-state index contributed by atoms with van der Waals surface area (Å²) in [7, 11) is 0. The monoisotopic (exact) mass is 212 g/mol. The van der Waals surface area contributed by atoms with E-state index in [0.29, 0.717) is 5.69 Å². The van der Waals surface area contributed by atoms with Gasteiger partial charge in [-0.1, -0.05) is 17.7 Å². The minimum atomic E-state index is -0.623. The summed E-state index contributed by atoms with van der Waals surface area (Å²) in [6.07, 6.45) is 0. The molecule has 0 atom stereocenters. The zero-order valence-electron chi connectivity index (χ0n) is 7.50. The lowest BCUT2D eigenvalue weighted by Gasteiger charge is -2.06. The fourth-order valence-electron chi connectivity index (χ4n) is 1.01. The number of halogens is 1. The van der Waals surface area contributed by atoms with Gasteiger partial charge >= 0.3 is 0 Å². The number of hydrogen-bond acceptors (Lipinski definition) is 2. The molecular formula is C9H9ClN2O2. The molecule has 1 aromatic rings. The lowest BCUT2D eigenvalue weighted by Crippen LogP contribution is -2.13. The second-order valence-electron chi connectivity index (χ2n) is 2.71. The number of amides is 2. The standard InChI is InChI=1S/C9H9ClN2O2/c1-5(13)12-7-4-2-3-6(8(7)10)9(11)14/h2-4H,1H3,(H2,11,14)(H,12,13). The third-order valence-electron chi connectivity index (χ3n) is 1.57. The Morgan fingerprint density at radius 1 is 1.43 bits per heavy atom. The van der Waals surface area contributed by atoms with E-state index in [-0.39, 0.29) is 16.5 Å². The van der Waals surface area contributed by atoms with Crippen molar-refractivity contribution in [2.24, 2.45) is 5.73 Å². The van der Waals surface area contributed by atoms with Crippen LogP contribution in [0.1, 0.15) is 17.3 Å². The molecule has 4 nitrogen and oxygen atoms in total. The molecule has 0 bridgehead atoms. The Labute approximate surface area is 86.0 Å². The van der Waals surface area contributed by atoms with Gasteiger partial charge in [-0.2, -0.15) is 0 Å². The van der Waals surface area contributed by atoms with Crippen molar-refractivity contribution in [2.75, 3.05) is 5.32 Å². The van der Waals surface area contributed by atoms with Crippen LogP contribution in [-0.4, -0.2) is 11.8 Å². The summed E-state index contributed by atoms with van der Waals surface area (Å²) in [5, 5.41) is 2.65. The molecule has 0 saturated carbocycles. The van der Waals surface area contributed by atoms with Crippen LogP contribution in [0.4, 0.5) is 5.69 Å². The van der Waals surface area contributed by atoms with Crippen LogP contribution in [0.15, 0.2) is 18.2 Å². The maximum atomic E-state index is 10.9. The van der Waals surface area contributed by atoms with Crippen LogP contribution in [0.2, 0.25) is 5.02 Å². The number of carbonyl (C=O) groups excluding carboxylic acids is 2. The first-order chi connectivity index (χ1) is 6.52. The molecule has 1 aromatic carbocycles. The molecule has 1 rings (SSSR count). The van der Waals surface area contributed by atoms with Crippen LogP contribution in [0.3, 0.4) is 0 Å². The summed E-state index contributed by atoms with van der Waals surface area (Å²) < 4.78 is 0. The predicted octanol–water partition coefficient (Wildman–Crippen LogP) is 1.40. The summed E-state index contributed by atoms with van der Waals surface area (Å²) in [6.45, 7) is 1.35. The summed E-state index contributed by atoms with van der Waals surface area (Å²) in [5.74, 6) is -0.879. The fourth-order valence-corrected chi connectivity index (χ4v) is 1.27. The van der Waals surface area contributed by atoms with Gasteiger partial charge in [0.2, 0.25) is 11.8 Å². The Balaban J connectivity index is 3.13. The van der Waals surface area contributed by atoms with Crippen molar-refractivity contribution >= 4 is 29.1 Å². The molecule has 5 heteroatoms. The lowest BCUT2D eigenvalue weighted by atomic mass is 10.2. The number of primary amides is 1. The molecular weight excluding hydrogens is 204 g/mol. The van der Waals surface area contributed by atoms with E-state index < -0.39 is 5.91 Å². The second kappa shape index (κ2) is 4.11. The molecule has 0 fully saturated rings. The minimum absolute atomic E-state index is 0.162. The van der Waals surface area contributed by atoms with Gasteiger partial charge < -0.3 is 11.1 Å². The third kappa shape index (κ3) is 2.23. The Morgan fingerprint density at radius 2 is 2.07 bits per heavy atom. The van der Waals surface area contributed by atoms with Crippen LogP contribution < -0.4 is 11.1 Å². The molecule has 74 valence electrons. The number of hydrogen-bond donors (Lipinski definition) is 2. The summed E-state index contributed by atoms with van der Waals surface area (Å²) >= 11 is 5.83. The van der Waals surface area contributed by atoms with Crippen LogP contribution in [0.25, 0.3) is 0 Å². The normalized spacial score (nSPS) is 9.57. The lowest BCUT2D eigenvalue weighted by molar-refractivity contribution is -0.114. The highest BCUT2D eigenvalue weighted by Crippen LogP contribution is 2.25. The second-order valence-corrected chi connectivity index (χ2v) is 3.09. The summed E-state index contributed by atoms with van der Waals surface area (Å²) in [6, 6.07) is 4.68. The van der Waals surface area contributed by atoms with E-state index in [1.54, 1.807) is 12.1 Å². The molecule has 0 heterocycles. The number of rotatable bonds is 2. The SMILES string of the molecule is CC(=O)Nc1cccc(C(N)=O)c1Cl. The van der Waals surface area contributed by atoms with E-state index in [9.17, 15) is 9.59 Å². The number of nitrogens with two attached hydrogens (primary N) is 1. The van der Waals surface area contributed by atoms with Crippen LogP contribution >= 0.6 is 11.6 Å². The van der Waals surface area contributed by atoms with Crippen molar-refractivity contribution in [1.82, 2.24) is 0 Å². The van der Waals surface area contributed by atoms with Crippen LogP contribution in [0, 0.1) is 0 Å². The molecule has 0 aliphatic carbocycles. The first-order valence-corrected chi connectivity index (χ1v) is 4.26. The molecule has 0 aromatic heterocycles. The summed E-state index contributed by atoms with van der Waals surface area (Å²) in [4.78, 5) is 21.6. The number of anilines is 1. The molecule has 0 aliphatic heterocycles. The molecule has 3 N–H and O–H groups in total. The fraction of sp³-hybridized carbons (Fsp3) is 0.111. The van der Waals surface area contributed by atoms with Gasteiger partial charge in [0.25, 0.3) is 0 Å². The van der Waals surface area contributed by atoms with Gasteiger partial charge in [0.15, 0.2) is 0 Å². The van der Waals surface area contributed by atoms with Crippen LogP contribution in [-0.2, 0) is 4.79 Å². The highest BCUT2D eigenvalue weighted by atomic mass is 35.5. The molecule has 14 heavy (non-hydrogen) atoms. The van der Waals surface area contributed by atoms with Crippen molar-refractivity contribution < 1.29 is 9.59 Å². The maximum absolute atomic E-state index is 10.9. The van der Waals surface area contributed by atoms with Crippen LogP contribution in [0.5, 0.6) is 0 Å². The summed E-state index contributed by atoms with van der Waals surface area (Å²) in [5.41, 5.74) is 5.66. The molecule has 2 amide bonds. The zero-order valence-corrected chi connectivity index (χ0v) is 8.26. The van der Waals surface area contributed by atoms with E-state index in [0.717, 1.165) is 0 Å². The van der Waals surface area contributed by atoms with Gasteiger partial charge in [-0.05, 0) is 12.1 Å².